The number of hydrogen-bond donors (Lipinski definition) is 2. The third kappa shape index (κ3) is 5.24. The van der Waals surface area contributed by atoms with Gasteiger partial charge in [0.15, 0.2) is 0 Å². The second-order valence-electron chi connectivity index (χ2n) is 6.26. The molecular formula is C21H18Cl2N2O4S. The lowest BCUT2D eigenvalue weighted by atomic mass is 10.1. The zero-order chi connectivity index (χ0) is 21.7. The Hall–Kier alpha value is -2.74. The van der Waals surface area contributed by atoms with E-state index in [1.807, 2.05) is 30.3 Å². The number of halogens is 2. The highest BCUT2D eigenvalue weighted by atomic mass is 35.5. The summed E-state index contributed by atoms with van der Waals surface area (Å²) in [6.45, 7) is 0.284. The Kier molecular flexibility index (Phi) is 6.87. The molecule has 30 heavy (non-hydrogen) atoms. The van der Waals surface area contributed by atoms with E-state index in [0.29, 0.717) is 10.8 Å². The minimum Gasteiger partial charge on any atom is -0.497 e. The summed E-state index contributed by atoms with van der Waals surface area (Å²) in [6, 6.07) is 17.9. The van der Waals surface area contributed by atoms with Crippen LogP contribution >= 0.6 is 23.2 Å². The molecule has 0 spiro atoms. The van der Waals surface area contributed by atoms with Crippen molar-refractivity contribution >= 4 is 44.8 Å². The number of carbonyl (C=O) groups is 1. The molecule has 1 amide bonds. The maximum atomic E-state index is 12.8. The van der Waals surface area contributed by atoms with Gasteiger partial charge < -0.3 is 10.1 Å². The van der Waals surface area contributed by atoms with E-state index in [2.05, 4.69) is 10.0 Å². The van der Waals surface area contributed by atoms with Crippen LogP contribution < -0.4 is 14.8 Å². The molecule has 0 saturated heterocycles. The zero-order valence-corrected chi connectivity index (χ0v) is 18.2. The largest absolute Gasteiger partial charge is 0.497 e. The highest BCUT2D eigenvalue weighted by molar-refractivity contribution is 7.92. The Labute approximate surface area is 184 Å². The van der Waals surface area contributed by atoms with E-state index < -0.39 is 15.9 Å². The molecule has 0 aromatic heterocycles. The molecule has 9 heteroatoms. The Morgan fingerprint density at radius 1 is 1.00 bits per heavy atom. The van der Waals surface area contributed by atoms with Crippen LogP contribution in [0.5, 0.6) is 5.75 Å². The third-order valence-corrected chi connectivity index (χ3v) is 6.28. The van der Waals surface area contributed by atoms with Crippen LogP contribution in [0.1, 0.15) is 15.9 Å². The van der Waals surface area contributed by atoms with E-state index in [4.69, 9.17) is 27.9 Å². The number of nitrogens with one attached hydrogen (secondary N) is 2. The molecule has 3 aromatic carbocycles. The van der Waals surface area contributed by atoms with Gasteiger partial charge in [-0.1, -0.05) is 53.5 Å². The lowest BCUT2D eigenvalue weighted by Gasteiger charge is -2.15. The standard InChI is InChI=1S/C21H18Cl2N2O4S/c1-29-16-8-9-19(25-30(27,28)20-10-7-15(22)11-18(20)23)17(12-16)21(26)24-13-14-5-3-2-4-6-14/h2-12,25H,13H2,1H3,(H,24,26). The van der Waals surface area contributed by atoms with Crippen molar-refractivity contribution in [3.8, 4) is 5.75 Å². The second-order valence-corrected chi connectivity index (χ2v) is 8.75. The molecule has 0 saturated carbocycles. The molecule has 2 N–H and O–H groups in total. The number of anilines is 1. The van der Waals surface area contributed by atoms with Crippen LogP contribution in [0.4, 0.5) is 5.69 Å². The molecule has 0 bridgehead atoms. The Morgan fingerprint density at radius 3 is 2.40 bits per heavy atom. The highest BCUT2D eigenvalue weighted by Gasteiger charge is 2.22. The van der Waals surface area contributed by atoms with E-state index in [1.165, 1.54) is 37.4 Å². The molecule has 0 fully saturated rings. The summed E-state index contributed by atoms with van der Waals surface area (Å²) in [7, 11) is -2.61. The summed E-state index contributed by atoms with van der Waals surface area (Å²) in [6.07, 6.45) is 0. The molecule has 156 valence electrons. The van der Waals surface area contributed by atoms with Crippen molar-refractivity contribution in [1.29, 1.82) is 0 Å². The van der Waals surface area contributed by atoms with Crippen molar-refractivity contribution in [1.82, 2.24) is 5.32 Å². The van der Waals surface area contributed by atoms with Crippen LogP contribution in [0.2, 0.25) is 10.0 Å². The van der Waals surface area contributed by atoms with E-state index in [9.17, 15) is 13.2 Å². The van der Waals surface area contributed by atoms with Crippen LogP contribution in [-0.4, -0.2) is 21.4 Å². The summed E-state index contributed by atoms with van der Waals surface area (Å²) < 4.78 is 33.3. The molecule has 0 radical (unpaired) electrons. The average molecular weight is 465 g/mol. The van der Waals surface area contributed by atoms with Gasteiger partial charge in [0.1, 0.15) is 10.6 Å². The lowest BCUT2D eigenvalue weighted by molar-refractivity contribution is 0.0951. The zero-order valence-electron chi connectivity index (χ0n) is 15.9. The monoisotopic (exact) mass is 464 g/mol. The van der Waals surface area contributed by atoms with E-state index in [-0.39, 0.29) is 27.7 Å². The number of amides is 1. The smallest absolute Gasteiger partial charge is 0.263 e. The average Bonchev–Trinajstić information content (AvgIpc) is 2.72. The lowest BCUT2D eigenvalue weighted by Crippen LogP contribution is -2.25. The fourth-order valence-electron chi connectivity index (χ4n) is 2.69. The van der Waals surface area contributed by atoms with Gasteiger partial charge in [-0.15, -0.1) is 0 Å². The molecule has 6 nitrogen and oxygen atoms in total. The first-order chi connectivity index (χ1) is 14.3. The molecular weight excluding hydrogens is 447 g/mol. The van der Waals surface area contributed by atoms with E-state index >= 15 is 0 Å². The molecule has 0 aliphatic rings. The predicted octanol–water partition coefficient (Wildman–Crippen LogP) is 4.73. The molecule has 3 rings (SSSR count). The Morgan fingerprint density at radius 2 is 1.73 bits per heavy atom. The number of benzene rings is 3. The van der Waals surface area contributed by atoms with Crippen LogP contribution in [0.25, 0.3) is 0 Å². The number of methoxy groups -OCH3 is 1. The van der Waals surface area contributed by atoms with Crippen molar-refractivity contribution in [3.05, 3.63) is 87.9 Å². The maximum Gasteiger partial charge on any atom is 0.263 e. The van der Waals surface area contributed by atoms with Crippen LogP contribution in [0, 0.1) is 0 Å². The highest BCUT2D eigenvalue weighted by Crippen LogP contribution is 2.29. The van der Waals surface area contributed by atoms with E-state index in [1.54, 1.807) is 6.07 Å². The summed E-state index contributed by atoms with van der Waals surface area (Å²) in [5.41, 5.74) is 1.11. The molecule has 0 unspecified atom stereocenters. The van der Waals surface area contributed by atoms with Gasteiger partial charge in [0.2, 0.25) is 0 Å². The third-order valence-electron chi connectivity index (χ3n) is 4.20. The first-order valence-electron chi connectivity index (χ1n) is 8.78. The number of carbonyl (C=O) groups excluding carboxylic acids is 1. The first kappa shape index (κ1) is 22.0. The fourth-order valence-corrected chi connectivity index (χ4v) is 4.55. The molecule has 3 aromatic rings. The van der Waals surface area contributed by atoms with Crippen LogP contribution in [-0.2, 0) is 16.6 Å². The topological polar surface area (TPSA) is 84.5 Å². The number of sulfonamides is 1. The van der Waals surface area contributed by atoms with Gasteiger partial charge in [0.25, 0.3) is 15.9 Å². The number of hydrogen-bond acceptors (Lipinski definition) is 4. The van der Waals surface area contributed by atoms with Gasteiger partial charge in [0.05, 0.1) is 23.4 Å². The van der Waals surface area contributed by atoms with Crippen molar-refractivity contribution in [2.24, 2.45) is 0 Å². The summed E-state index contributed by atoms with van der Waals surface area (Å²) >= 11 is 11.9. The molecule has 0 aliphatic heterocycles. The summed E-state index contributed by atoms with van der Waals surface area (Å²) in [4.78, 5) is 12.6. The number of ether oxygens (including phenoxy) is 1. The van der Waals surface area contributed by atoms with Gasteiger partial charge >= 0.3 is 0 Å². The van der Waals surface area contributed by atoms with Gasteiger partial charge in [-0.2, -0.15) is 0 Å². The van der Waals surface area contributed by atoms with Crippen LogP contribution in [0.3, 0.4) is 0 Å². The van der Waals surface area contributed by atoms with Gasteiger partial charge in [-0.05, 0) is 42.0 Å². The minimum absolute atomic E-state index is 0.0291. The van der Waals surface area contributed by atoms with Crippen molar-refractivity contribution in [2.75, 3.05) is 11.8 Å². The van der Waals surface area contributed by atoms with E-state index in [0.717, 1.165) is 5.56 Å². The van der Waals surface area contributed by atoms with Crippen molar-refractivity contribution < 1.29 is 17.9 Å². The summed E-state index contributed by atoms with van der Waals surface area (Å²) in [5.74, 6) is -0.0509. The first-order valence-corrected chi connectivity index (χ1v) is 11.0. The number of rotatable bonds is 7. The predicted molar refractivity (Wildman–Crippen MR) is 118 cm³/mol. The SMILES string of the molecule is COc1ccc(NS(=O)(=O)c2ccc(Cl)cc2Cl)c(C(=O)NCc2ccccc2)c1. The van der Waals surface area contributed by atoms with Gasteiger partial charge in [0, 0.05) is 11.6 Å². The van der Waals surface area contributed by atoms with Crippen LogP contribution in [0.15, 0.2) is 71.6 Å². The van der Waals surface area contributed by atoms with Crippen molar-refractivity contribution in [2.45, 2.75) is 11.4 Å². The minimum atomic E-state index is -4.06. The quantitative estimate of drug-likeness (QED) is 0.528. The maximum absolute atomic E-state index is 12.8. The molecule has 0 aliphatic carbocycles. The fraction of sp³-hybridized carbons (Fsp3) is 0.0952. The Bertz CT molecular complexity index is 1170. The second kappa shape index (κ2) is 9.38. The molecule has 0 heterocycles. The molecule has 0 atom stereocenters. The normalized spacial score (nSPS) is 11.0. The van der Waals surface area contributed by atoms with Gasteiger partial charge in [-0.3, -0.25) is 9.52 Å². The Balaban J connectivity index is 1.90. The summed E-state index contributed by atoms with van der Waals surface area (Å²) in [5, 5.41) is 3.06. The van der Waals surface area contributed by atoms with Gasteiger partial charge in [-0.25, -0.2) is 8.42 Å². The van der Waals surface area contributed by atoms with Crippen molar-refractivity contribution in [3.63, 3.8) is 0 Å².